The van der Waals surface area contributed by atoms with Crippen molar-refractivity contribution in [3.8, 4) is 0 Å². The summed E-state index contributed by atoms with van der Waals surface area (Å²) in [5.74, 6) is -0.855. The van der Waals surface area contributed by atoms with Crippen LogP contribution in [0.5, 0.6) is 0 Å². The molecule has 0 bridgehead atoms. The summed E-state index contributed by atoms with van der Waals surface area (Å²) >= 11 is 5.98. The summed E-state index contributed by atoms with van der Waals surface area (Å²) in [4.78, 5) is 27.7. The molecule has 1 unspecified atom stereocenters. The van der Waals surface area contributed by atoms with Gasteiger partial charge in [0.1, 0.15) is 12.6 Å². The number of benzene rings is 3. The average molecular weight is 542 g/mol. The van der Waals surface area contributed by atoms with E-state index in [0.29, 0.717) is 10.7 Å². The molecule has 1 atom stereocenters. The van der Waals surface area contributed by atoms with Gasteiger partial charge in [0.15, 0.2) is 0 Å². The molecule has 37 heavy (non-hydrogen) atoms. The van der Waals surface area contributed by atoms with Crippen molar-refractivity contribution < 1.29 is 18.0 Å². The van der Waals surface area contributed by atoms with Crippen molar-refractivity contribution >= 4 is 39.1 Å². The Morgan fingerprint density at radius 1 is 0.919 bits per heavy atom. The van der Waals surface area contributed by atoms with Crippen molar-refractivity contribution in [3.63, 3.8) is 0 Å². The highest BCUT2D eigenvalue weighted by Gasteiger charge is 2.32. The van der Waals surface area contributed by atoms with E-state index < -0.39 is 28.5 Å². The topological polar surface area (TPSA) is 86.8 Å². The Kier molecular flexibility index (Phi) is 8.99. The second-order valence-corrected chi connectivity index (χ2v) is 11.3. The van der Waals surface area contributed by atoms with Gasteiger partial charge in [0.2, 0.25) is 11.8 Å². The van der Waals surface area contributed by atoms with Crippen LogP contribution in [-0.4, -0.2) is 44.8 Å². The van der Waals surface area contributed by atoms with Gasteiger partial charge in [0.05, 0.1) is 10.6 Å². The number of rotatable bonds is 9. The fraction of sp³-hybridized carbons (Fsp3) is 0.286. The average Bonchev–Trinajstić information content (AvgIpc) is 2.87. The molecule has 0 radical (unpaired) electrons. The number of likely N-dealkylation sites (N-methyl/N-ethyl adjacent to an activating group) is 1. The number of nitrogens with zero attached hydrogens (tertiary/aromatic N) is 2. The number of nitrogens with one attached hydrogen (secondary N) is 1. The molecule has 2 amide bonds. The molecule has 0 aliphatic heterocycles. The molecule has 3 rings (SSSR count). The third-order valence-corrected chi connectivity index (χ3v) is 8.39. The van der Waals surface area contributed by atoms with E-state index in [1.54, 1.807) is 19.1 Å². The van der Waals surface area contributed by atoms with Crippen molar-refractivity contribution in [2.24, 2.45) is 0 Å². The van der Waals surface area contributed by atoms with Crippen molar-refractivity contribution in [1.82, 2.24) is 10.2 Å². The van der Waals surface area contributed by atoms with Crippen LogP contribution in [0.1, 0.15) is 29.2 Å². The van der Waals surface area contributed by atoms with E-state index in [2.05, 4.69) is 5.32 Å². The first-order chi connectivity index (χ1) is 17.4. The van der Waals surface area contributed by atoms with Crippen LogP contribution in [0.15, 0.2) is 71.6 Å². The Morgan fingerprint density at radius 3 is 2.11 bits per heavy atom. The van der Waals surface area contributed by atoms with E-state index in [1.165, 1.54) is 36.2 Å². The Morgan fingerprint density at radius 2 is 1.54 bits per heavy atom. The maximum absolute atomic E-state index is 13.8. The number of amides is 2. The van der Waals surface area contributed by atoms with Gasteiger partial charge in [-0.15, -0.1) is 0 Å². The molecule has 0 saturated heterocycles. The zero-order chi connectivity index (χ0) is 27.3. The number of hydrogen-bond donors (Lipinski definition) is 1. The molecular weight excluding hydrogens is 510 g/mol. The zero-order valence-electron chi connectivity index (χ0n) is 21.7. The number of sulfonamides is 1. The van der Waals surface area contributed by atoms with Crippen LogP contribution in [0.4, 0.5) is 5.69 Å². The molecule has 1 N–H and O–H groups in total. The Hall–Kier alpha value is -3.36. The van der Waals surface area contributed by atoms with Crippen molar-refractivity contribution in [3.05, 3.63) is 94.0 Å². The molecule has 0 aliphatic carbocycles. The van der Waals surface area contributed by atoms with Crippen LogP contribution in [-0.2, 0) is 26.2 Å². The zero-order valence-corrected chi connectivity index (χ0v) is 23.2. The molecule has 0 saturated carbocycles. The molecule has 7 nitrogen and oxygen atoms in total. The minimum atomic E-state index is -4.13. The normalized spacial score (nSPS) is 12.1. The van der Waals surface area contributed by atoms with E-state index in [-0.39, 0.29) is 17.3 Å². The molecule has 3 aromatic rings. The van der Waals surface area contributed by atoms with Gasteiger partial charge < -0.3 is 10.2 Å². The highest BCUT2D eigenvalue weighted by atomic mass is 35.5. The molecule has 0 heterocycles. The highest BCUT2D eigenvalue weighted by Crippen LogP contribution is 2.27. The van der Waals surface area contributed by atoms with Crippen LogP contribution in [0.3, 0.4) is 0 Å². The fourth-order valence-corrected chi connectivity index (χ4v) is 5.36. The lowest BCUT2D eigenvalue weighted by Crippen LogP contribution is -2.50. The van der Waals surface area contributed by atoms with Crippen LogP contribution in [0.2, 0.25) is 5.02 Å². The third kappa shape index (κ3) is 6.70. The maximum atomic E-state index is 13.8. The maximum Gasteiger partial charge on any atom is 0.264 e. The van der Waals surface area contributed by atoms with Crippen LogP contribution in [0, 0.1) is 20.8 Å². The lowest BCUT2D eigenvalue weighted by Gasteiger charge is -2.32. The van der Waals surface area contributed by atoms with Gasteiger partial charge in [-0.3, -0.25) is 13.9 Å². The van der Waals surface area contributed by atoms with E-state index in [0.717, 1.165) is 26.6 Å². The van der Waals surface area contributed by atoms with Gasteiger partial charge in [0.25, 0.3) is 10.0 Å². The summed E-state index contributed by atoms with van der Waals surface area (Å²) in [6.07, 6.45) is 0. The van der Waals surface area contributed by atoms with E-state index in [9.17, 15) is 18.0 Å². The van der Waals surface area contributed by atoms with Crippen molar-refractivity contribution in [2.45, 2.75) is 45.2 Å². The van der Waals surface area contributed by atoms with Crippen molar-refractivity contribution in [2.75, 3.05) is 17.9 Å². The summed E-state index contributed by atoms with van der Waals surface area (Å²) in [7, 11) is -2.63. The number of halogens is 1. The molecule has 196 valence electrons. The quantitative estimate of drug-likeness (QED) is 0.428. The van der Waals surface area contributed by atoms with E-state index >= 15 is 0 Å². The smallest absolute Gasteiger partial charge is 0.264 e. The second-order valence-electron chi connectivity index (χ2n) is 9.03. The number of carbonyl (C=O) groups is 2. The summed E-state index contributed by atoms with van der Waals surface area (Å²) in [5.41, 5.74) is 4.13. The first-order valence-corrected chi connectivity index (χ1v) is 13.7. The van der Waals surface area contributed by atoms with Gasteiger partial charge in [-0.05, 0) is 80.8 Å². The standard InChI is InChI=1S/C28H32ClN3O4S/c1-19-6-9-23(10-7-19)17-31(22(4)28(34)30-5)27(33)18-32(25-13-8-20(2)21(3)16-25)37(35,36)26-14-11-24(29)12-15-26/h6-16,22H,17-18H2,1-5H3,(H,30,34). The number of carbonyl (C=O) groups excluding carboxylic acids is 2. The minimum absolute atomic E-state index is 0.00682. The molecule has 9 heteroatoms. The molecule has 0 aromatic heterocycles. The predicted molar refractivity (Wildman–Crippen MR) is 147 cm³/mol. The van der Waals surface area contributed by atoms with Crippen LogP contribution < -0.4 is 9.62 Å². The monoisotopic (exact) mass is 541 g/mol. The first kappa shape index (κ1) is 28.2. The van der Waals surface area contributed by atoms with Gasteiger partial charge in [-0.1, -0.05) is 47.5 Å². The summed E-state index contributed by atoms with van der Waals surface area (Å²) in [5, 5.41) is 2.98. The molecule has 3 aromatic carbocycles. The number of hydrogen-bond acceptors (Lipinski definition) is 4. The molecule has 0 spiro atoms. The summed E-state index contributed by atoms with van der Waals surface area (Å²) < 4.78 is 28.7. The predicted octanol–water partition coefficient (Wildman–Crippen LogP) is 4.62. The Labute approximate surface area is 224 Å². The lowest BCUT2D eigenvalue weighted by molar-refractivity contribution is -0.139. The summed E-state index contributed by atoms with van der Waals surface area (Å²) in [6.45, 7) is 7.06. The van der Waals surface area contributed by atoms with Gasteiger partial charge in [0, 0.05) is 18.6 Å². The Balaban J connectivity index is 2.05. The van der Waals surface area contributed by atoms with E-state index in [1.807, 2.05) is 51.1 Å². The molecular formula is C28H32ClN3O4S. The highest BCUT2D eigenvalue weighted by molar-refractivity contribution is 7.92. The first-order valence-electron chi connectivity index (χ1n) is 11.9. The van der Waals surface area contributed by atoms with Gasteiger partial charge in [-0.2, -0.15) is 0 Å². The van der Waals surface area contributed by atoms with Crippen molar-refractivity contribution in [1.29, 1.82) is 0 Å². The SMILES string of the molecule is CNC(=O)C(C)N(Cc1ccc(C)cc1)C(=O)CN(c1ccc(C)c(C)c1)S(=O)(=O)c1ccc(Cl)cc1. The lowest BCUT2D eigenvalue weighted by atomic mass is 10.1. The fourth-order valence-electron chi connectivity index (χ4n) is 3.82. The van der Waals surface area contributed by atoms with Gasteiger partial charge in [-0.25, -0.2) is 8.42 Å². The van der Waals surface area contributed by atoms with Gasteiger partial charge >= 0.3 is 0 Å². The number of anilines is 1. The van der Waals surface area contributed by atoms with E-state index in [4.69, 9.17) is 11.6 Å². The number of aryl methyl sites for hydroxylation is 3. The van der Waals surface area contributed by atoms with Crippen LogP contribution >= 0.6 is 11.6 Å². The van der Waals surface area contributed by atoms with Crippen LogP contribution in [0.25, 0.3) is 0 Å². The third-order valence-electron chi connectivity index (χ3n) is 6.35. The molecule has 0 fully saturated rings. The minimum Gasteiger partial charge on any atom is -0.357 e. The second kappa shape index (κ2) is 11.8. The Bertz CT molecular complexity index is 1370. The molecule has 0 aliphatic rings. The largest absolute Gasteiger partial charge is 0.357 e. The summed E-state index contributed by atoms with van der Waals surface area (Å²) in [6, 6.07) is 17.8.